The van der Waals surface area contributed by atoms with Crippen LogP contribution in [0.25, 0.3) is 11.0 Å². The third kappa shape index (κ3) is 3.42. The molecule has 1 aromatic heterocycles. The Labute approximate surface area is 122 Å². The van der Waals surface area contributed by atoms with Gasteiger partial charge in [0, 0.05) is 38.0 Å². The molecule has 108 valence electrons. The van der Waals surface area contributed by atoms with Gasteiger partial charge in [0.15, 0.2) is 0 Å². The van der Waals surface area contributed by atoms with Crippen molar-refractivity contribution in [1.29, 1.82) is 0 Å². The van der Waals surface area contributed by atoms with Crippen molar-refractivity contribution < 1.29 is 9.90 Å². The summed E-state index contributed by atoms with van der Waals surface area (Å²) < 4.78 is 2.02. The van der Waals surface area contributed by atoms with Crippen LogP contribution in [0.3, 0.4) is 0 Å². The van der Waals surface area contributed by atoms with Gasteiger partial charge < -0.3 is 15.0 Å². The summed E-state index contributed by atoms with van der Waals surface area (Å²) in [5.74, 6) is 0.705. The van der Waals surface area contributed by atoms with Crippen LogP contribution in [-0.4, -0.2) is 33.1 Å². The van der Waals surface area contributed by atoms with Gasteiger partial charge in [0.2, 0.25) is 0 Å². The van der Waals surface area contributed by atoms with Crippen LogP contribution in [0.2, 0.25) is 0 Å². The number of anilines is 1. The fourth-order valence-electron chi connectivity index (χ4n) is 2.16. The first-order valence-electron chi connectivity index (χ1n) is 6.59. The molecule has 6 heteroatoms. The highest BCUT2D eigenvalue weighted by atomic mass is 35.5. The minimum atomic E-state index is -0.767. The first-order chi connectivity index (χ1) is 9.61. The van der Waals surface area contributed by atoms with Gasteiger partial charge in [-0.3, -0.25) is 4.79 Å². The monoisotopic (exact) mass is 295 g/mol. The zero-order chi connectivity index (χ0) is 14.5. The van der Waals surface area contributed by atoms with Crippen LogP contribution < -0.4 is 5.32 Å². The summed E-state index contributed by atoms with van der Waals surface area (Å²) in [6.45, 7) is 0.719. The van der Waals surface area contributed by atoms with Gasteiger partial charge in [0.05, 0.1) is 11.0 Å². The predicted octanol–water partition coefficient (Wildman–Crippen LogP) is 2.63. The molecule has 0 saturated heterocycles. The highest BCUT2D eigenvalue weighted by Gasteiger charge is 2.09. The van der Waals surface area contributed by atoms with Crippen LogP contribution in [0.15, 0.2) is 18.2 Å². The number of aryl methyl sites for hydroxylation is 2. The molecule has 2 N–H and O–H groups in total. The zero-order valence-corrected chi connectivity index (χ0v) is 12.2. The fourth-order valence-corrected chi connectivity index (χ4v) is 2.26. The van der Waals surface area contributed by atoms with Crippen molar-refractivity contribution in [1.82, 2.24) is 9.55 Å². The Balaban J connectivity index is 2.17. The number of nitrogens with one attached hydrogen (secondary N) is 1. The third-order valence-electron chi connectivity index (χ3n) is 3.19. The number of imidazole rings is 1. The van der Waals surface area contributed by atoms with Crippen LogP contribution in [0, 0.1) is 0 Å². The van der Waals surface area contributed by atoms with E-state index in [9.17, 15) is 4.79 Å². The van der Waals surface area contributed by atoms with E-state index in [2.05, 4.69) is 10.3 Å². The number of halogens is 1. The molecule has 2 aromatic rings. The lowest BCUT2D eigenvalue weighted by atomic mass is 10.2. The van der Waals surface area contributed by atoms with Crippen molar-refractivity contribution in [2.45, 2.75) is 19.3 Å². The second-order valence-electron chi connectivity index (χ2n) is 4.65. The Hall–Kier alpha value is -1.75. The molecule has 5 nitrogen and oxygen atoms in total. The molecule has 0 aliphatic heterocycles. The van der Waals surface area contributed by atoms with Crippen molar-refractivity contribution in [3.63, 3.8) is 0 Å². The Kier molecular flexibility index (Phi) is 4.84. The standard InChI is InChI=1S/C14H18ClN3O2/c1-18-12-9-10(16-8-7-15)5-6-11(12)17-13(18)3-2-4-14(19)20/h5-6,9,16H,2-4,7-8H2,1H3,(H,19,20). The number of benzene rings is 1. The van der Waals surface area contributed by atoms with Crippen LogP contribution >= 0.6 is 11.6 Å². The molecule has 0 unspecified atom stereocenters. The van der Waals surface area contributed by atoms with E-state index in [-0.39, 0.29) is 6.42 Å². The topological polar surface area (TPSA) is 67.2 Å². The van der Waals surface area contributed by atoms with E-state index < -0.39 is 5.97 Å². The average molecular weight is 296 g/mol. The molecule has 1 aromatic carbocycles. The predicted molar refractivity (Wildman–Crippen MR) is 80.5 cm³/mol. The summed E-state index contributed by atoms with van der Waals surface area (Å²) in [4.78, 5) is 15.1. The maximum Gasteiger partial charge on any atom is 0.303 e. The van der Waals surface area contributed by atoms with E-state index >= 15 is 0 Å². The summed E-state index contributed by atoms with van der Waals surface area (Å²) in [5, 5.41) is 11.9. The highest BCUT2D eigenvalue weighted by molar-refractivity contribution is 6.18. The molecule has 0 amide bonds. The number of aliphatic carboxylic acids is 1. The number of carbonyl (C=O) groups is 1. The molecule has 0 fully saturated rings. The molecule has 0 aliphatic rings. The molecule has 20 heavy (non-hydrogen) atoms. The van der Waals surface area contributed by atoms with E-state index in [1.807, 2.05) is 29.8 Å². The molecule has 0 spiro atoms. The Morgan fingerprint density at radius 3 is 3.00 bits per heavy atom. The lowest BCUT2D eigenvalue weighted by molar-refractivity contribution is -0.137. The number of hydrogen-bond donors (Lipinski definition) is 2. The maximum atomic E-state index is 10.5. The molecule has 1 heterocycles. The van der Waals surface area contributed by atoms with Gasteiger partial charge in [0.1, 0.15) is 5.82 Å². The number of aromatic nitrogens is 2. The number of alkyl halides is 1. The first kappa shape index (κ1) is 14.7. The molecular formula is C14H18ClN3O2. The Morgan fingerprint density at radius 2 is 2.30 bits per heavy atom. The minimum absolute atomic E-state index is 0.172. The van der Waals surface area contributed by atoms with Gasteiger partial charge in [-0.1, -0.05) is 0 Å². The number of hydrogen-bond acceptors (Lipinski definition) is 3. The third-order valence-corrected chi connectivity index (χ3v) is 3.38. The lowest BCUT2D eigenvalue weighted by Crippen LogP contribution is -2.03. The Bertz CT molecular complexity index is 610. The maximum absolute atomic E-state index is 10.5. The number of fused-ring (bicyclic) bond motifs is 1. The summed E-state index contributed by atoms with van der Waals surface area (Å²) >= 11 is 5.66. The zero-order valence-electron chi connectivity index (χ0n) is 11.4. The van der Waals surface area contributed by atoms with Gasteiger partial charge in [-0.25, -0.2) is 4.98 Å². The highest BCUT2D eigenvalue weighted by Crippen LogP contribution is 2.20. The number of nitrogens with zero attached hydrogens (tertiary/aromatic N) is 2. The van der Waals surface area contributed by atoms with Gasteiger partial charge >= 0.3 is 5.97 Å². The van der Waals surface area contributed by atoms with Crippen molar-refractivity contribution in [2.75, 3.05) is 17.7 Å². The van der Waals surface area contributed by atoms with Gasteiger partial charge in [0.25, 0.3) is 0 Å². The summed E-state index contributed by atoms with van der Waals surface area (Å²) in [5.41, 5.74) is 2.97. The number of carboxylic acids is 1. The summed E-state index contributed by atoms with van der Waals surface area (Å²) in [6, 6.07) is 5.98. The average Bonchev–Trinajstić information content (AvgIpc) is 2.73. The van der Waals surface area contributed by atoms with Crippen molar-refractivity contribution >= 4 is 34.3 Å². The van der Waals surface area contributed by atoms with Gasteiger partial charge in [-0.05, 0) is 24.6 Å². The smallest absolute Gasteiger partial charge is 0.303 e. The minimum Gasteiger partial charge on any atom is -0.481 e. The molecule has 2 rings (SSSR count). The summed E-state index contributed by atoms with van der Waals surface area (Å²) in [6.07, 6.45) is 1.44. The van der Waals surface area contributed by atoms with E-state index in [0.29, 0.717) is 18.7 Å². The molecule has 0 aliphatic carbocycles. The molecule has 0 saturated carbocycles. The quantitative estimate of drug-likeness (QED) is 0.771. The second kappa shape index (κ2) is 6.61. The lowest BCUT2D eigenvalue weighted by Gasteiger charge is -2.05. The van der Waals surface area contributed by atoms with Crippen LogP contribution in [0.5, 0.6) is 0 Å². The van der Waals surface area contributed by atoms with Gasteiger partial charge in [-0.15, -0.1) is 11.6 Å². The normalized spacial score (nSPS) is 10.9. The first-order valence-corrected chi connectivity index (χ1v) is 7.12. The molecule has 0 atom stereocenters. The number of rotatable bonds is 7. The van der Waals surface area contributed by atoms with Crippen LogP contribution in [0.1, 0.15) is 18.7 Å². The van der Waals surface area contributed by atoms with E-state index in [4.69, 9.17) is 16.7 Å². The van der Waals surface area contributed by atoms with E-state index in [0.717, 1.165) is 29.1 Å². The largest absolute Gasteiger partial charge is 0.481 e. The van der Waals surface area contributed by atoms with Crippen molar-refractivity contribution in [3.8, 4) is 0 Å². The number of carboxylic acid groups (broad SMARTS) is 1. The SMILES string of the molecule is Cn1c(CCCC(=O)O)nc2ccc(NCCCl)cc21. The van der Waals surface area contributed by atoms with Gasteiger partial charge in [-0.2, -0.15) is 0 Å². The molecule has 0 bridgehead atoms. The van der Waals surface area contributed by atoms with E-state index in [1.165, 1.54) is 0 Å². The fraction of sp³-hybridized carbons (Fsp3) is 0.429. The van der Waals surface area contributed by atoms with E-state index in [1.54, 1.807) is 0 Å². The second-order valence-corrected chi connectivity index (χ2v) is 5.03. The van der Waals surface area contributed by atoms with Crippen LogP contribution in [-0.2, 0) is 18.3 Å². The van der Waals surface area contributed by atoms with Crippen LogP contribution in [0.4, 0.5) is 5.69 Å². The summed E-state index contributed by atoms with van der Waals surface area (Å²) in [7, 11) is 1.96. The molecular weight excluding hydrogens is 278 g/mol. The van der Waals surface area contributed by atoms with Crippen molar-refractivity contribution in [2.24, 2.45) is 7.05 Å². The van der Waals surface area contributed by atoms with Crippen molar-refractivity contribution in [3.05, 3.63) is 24.0 Å². The molecule has 0 radical (unpaired) electrons. The Morgan fingerprint density at radius 1 is 1.50 bits per heavy atom.